The fourth-order valence-electron chi connectivity index (χ4n) is 2.65. The van der Waals surface area contributed by atoms with Crippen LogP contribution in [0, 0.1) is 6.92 Å². The number of aryl methyl sites for hydroxylation is 1. The molecule has 21 heavy (non-hydrogen) atoms. The molecule has 0 unspecified atom stereocenters. The fourth-order valence-corrected chi connectivity index (χ4v) is 2.65. The molecule has 1 aliphatic rings. The number of benzene rings is 1. The zero-order valence-corrected chi connectivity index (χ0v) is 13.1. The standard InChI is InChI=1S/C16H26N4O/c1-3-19-8-10-20(11-9-19)14-4-5-15(13(2)12-14)18-16(21)6-7-17/h4-5,12H,3,6-11,17H2,1-2H3,(H,18,21). The van der Waals surface area contributed by atoms with Gasteiger partial charge in [-0.3, -0.25) is 4.79 Å². The van der Waals surface area contributed by atoms with Gasteiger partial charge in [0, 0.05) is 50.5 Å². The normalized spacial score (nSPS) is 16.0. The second-order valence-electron chi connectivity index (χ2n) is 5.51. The average Bonchev–Trinajstić information content (AvgIpc) is 2.50. The van der Waals surface area contributed by atoms with E-state index in [9.17, 15) is 4.79 Å². The highest BCUT2D eigenvalue weighted by Crippen LogP contribution is 2.23. The smallest absolute Gasteiger partial charge is 0.225 e. The highest BCUT2D eigenvalue weighted by molar-refractivity contribution is 5.91. The van der Waals surface area contributed by atoms with Gasteiger partial charge in [-0.1, -0.05) is 6.92 Å². The summed E-state index contributed by atoms with van der Waals surface area (Å²) in [6.07, 6.45) is 0.361. The summed E-state index contributed by atoms with van der Waals surface area (Å²) in [5, 5.41) is 2.91. The van der Waals surface area contributed by atoms with Crippen LogP contribution >= 0.6 is 0 Å². The van der Waals surface area contributed by atoms with E-state index in [1.165, 1.54) is 5.69 Å². The molecule has 5 nitrogen and oxygen atoms in total. The van der Waals surface area contributed by atoms with Gasteiger partial charge in [0.2, 0.25) is 5.91 Å². The summed E-state index contributed by atoms with van der Waals surface area (Å²) in [5.74, 6) is -0.0232. The molecule has 0 saturated carbocycles. The Hall–Kier alpha value is -1.59. The van der Waals surface area contributed by atoms with E-state index in [1.54, 1.807) is 0 Å². The number of carbonyl (C=O) groups is 1. The van der Waals surface area contributed by atoms with Gasteiger partial charge >= 0.3 is 0 Å². The molecular formula is C16H26N4O. The van der Waals surface area contributed by atoms with Crippen LogP contribution in [0.25, 0.3) is 0 Å². The number of nitrogens with zero attached hydrogens (tertiary/aromatic N) is 2. The average molecular weight is 290 g/mol. The molecule has 0 bridgehead atoms. The monoisotopic (exact) mass is 290 g/mol. The quantitative estimate of drug-likeness (QED) is 0.861. The Morgan fingerprint density at radius 3 is 2.57 bits per heavy atom. The maximum atomic E-state index is 11.6. The second kappa shape index (κ2) is 7.43. The van der Waals surface area contributed by atoms with Crippen molar-refractivity contribution in [3.8, 4) is 0 Å². The lowest BCUT2D eigenvalue weighted by Crippen LogP contribution is -2.46. The van der Waals surface area contributed by atoms with Crippen LogP contribution in [0.5, 0.6) is 0 Å². The molecule has 1 heterocycles. The lowest BCUT2D eigenvalue weighted by Gasteiger charge is -2.35. The van der Waals surface area contributed by atoms with E-state index in [-0.39, 0.29) is 5.91 Å². The van der Waals surface area contributed by atoms with Crippen LogP contribution in [0.15, 0.2) is 18.2 Å². The van der Waals surface area contributed by atoms with Crippen molar-refractivity contribution in [2.45, 2.75) is 20.3 Å². The number of piperazine rings is 1. The van der Waals surface area contributed by atoms with Crippen LogP contribution in [-0.4, -0.2) is 50.1 Å². The molecule has 1 amide bonds. The van der Waals surface area contributed by atoms with Gasteiger partial charge in [0.1, 0.15) is 0 Å². The number of nitrogens with two attached hydrogens (primary N) is 1. The van der Waals surface area contributed by atoms with Crippen LogP contribution in [-0.2, 0) is 4.79 Å². The summed E-state index contributed by atoms with van der Waals surface area (Å²) < 4.78 is 0. The Morgan fingerprint density at radius 1 is 1.29 bits per heavy atom. The molecule has 5 heteroatoms. The van der Waals surface area contributed by atoms with Crippen molar-refractivity contribution in [3.05, 3.63) is 23.8 Å². The number of amides is 1. The van der Waals surface area contributed by atoms with Crippen LogP contribution in [0.2, 0.25) is 0 Å². The molecule has 0 radical (unpaired) electrons. The third kappa shape index (κ3) is 4.19. The molecule has 1 fully saturated rings. The number of likely N-dealkylation sites (N-methyl/N-ethyl adjacent to an activating group) is 1. The minimum Gasteiger partial charge on any atom is -0.369 e. The first-order chi connectivity index (χ1) is 10.1. The van der Waals surface area contributed by atoms with Crippen molar-refractivity contribution in [1.82, 2.24) is 4.90 Å². The first kappa shape index (κ1) is 15.8. The van der Waals surface area contributed by atoms with Gasteiger partial charge in [-0.25, -0.2) is 0 Å². The van der Waals surface area contributed by atoms with E-state index < -0.39 is 0 Å². The first-order valence-corrected chi connectivity index (χ1v) is 7.72. The largest absolute Gasteiger partial charge is 0.369 e. The molecule has 0 aliphatic carbocycles. The van der Waals surface area contributed by atoms with E-state index in [0.29, 0.717) is 13.0 Å². The second-order valence-corrected chi connectivity index (χ2v) is 5.51. The lowest BCUT2D eigenvalue weighted by molar-refractivity contribution is -0.116. The van der Waals surface area contributed by atoms with Gasteiger partial charge in [0.15, 0.2) is 0 Å². The molecule has 0 atom stereocenters. The number of nitrogens with one attached hydrogen (secondary N) is 1. The van der Waals surface area contributed by atoms with Gasteiger partial charge in [-0.2, -0.15) is 0 Å². The van der Waals surface area contributed by atoms with Crippen LogP contribution in [0.4, 0.5) is 11.4 Å². The molecule has 2 rings (SSSR count). The third-order valence-electron chi connectivity index (χ3n) is 4.04. The molecule has 1 aromatic rings. The van der Waals surface area contributed by atoms with E-state index in [1.807, 2.05) is 13.0 Å². The summed E-state index contributed by atoms with van der Waals surface area (Å²) in [6.45, 7) is 10.1. The first-order valence-electron chi connectivity index (χ1n) is 7.72. The van der Waals surface area contributed by atoms with Crippen LogP contribution in [0.1, 0.15) is 18.9 Å². The highest BCUT2D eigenvalue weighted by Gasteiger charge is 2.16. The summed E-state index contributed by atoms with van der Waals surface area (Å²) in [5.41, 5.74) is 8.60. The van der Waals surface area contributed by atoms with Crippen LogP contribution in [0.3, 0.4) is 0 Å². The summed E-state index contributed by atoms with van der Waals surface area (Å²) in [4.78, 5) is 16.5. The topological polar surface area (TPSA) is 61.6 Å². The minimum atomic E-state index is -0.0232. The number of carbonyl (C=O) groups excluding carboxylic acids is 1. The lowest BCUT2D eigenvalue weighted by atomic mass is 10.1. The maximum absolute atomic E-state index is 11.6. The van der Waals surface area contributed by atoms with Crippen molar-refractivity contribution in [2.24, 2.45) is 5.73 Å². The van der Waals surface area contributed by atoms with Crippen molar-refractivity contribution in [1.29, 1.82) is 0 Å². The molecule has 3 N–H and O–H groups in total. The van der Waals surface area contributed by atoms with Gasteiger partial charge in [-0.05, 0) is 37.2 Å². The Bertz CT molecular complexity index is 481. The molecule has 0 aromatic heterocycles. The molecule has 1 saturated heterocycles. The number of anilines is 2. The predicted molar refractivity (Wildman–Crippen MR) is 87.8 cm³/mol. The van der Waals surface area contributed by atoms with Crippen molar-refractivity contribution in [3.63, 3.8) is 0 Å². The third-order valence-corrected chi connectivity index (χ3v) is 4.04. The molecule has 116 valence electrons. The fraction of sp³-hybridized carbons (Fsp3) is 0.562. The van der Waals surface area contributed by atoms with Crippen molar-refractivity contribution >= 4 is 17.3 Å². The van der Waals surface area contributed by atoms with Gasteiger partial charge < -0.3 is 20.9 Å². The predicted octanol–water partition coefficient (Wildman–Crippen LogP) is 1.42. The molecule has 1 aliphatic heterocycles. The molecular weight excluding hydrogens is 264 g/mol. The summed E-state index contributed by atoms with van der Waals surface area (Å²) >= 11 is 0. The van der Waals surface area contributed by atoms with Crippen LogP contribution < -0.4 is 16.0 Å². The highest BCUT2D eigenvalue weighted by atomic mass is 16.1. The van der Waals surface area contributed by atoms with Gasteiger partial charge in [0.05, 0.1) is 0 Å². The number of hydrogen-bond donors (Lipinski definition) is 2. The minimum absolute atomic E-state index is 0.0232. The zero-order chi connectivity index (χ0) is 15.2. The van der Waals surface area contributed by atoms with E-state index in [2.05, 4.69) is 34.2 Å². The SMILES string of the molecule is CCN1CCN(c2ccc(NC(=O)CCN)c(C)c2)CC1. The van der Waals surface area contributed by atoms with E-state index >= 15 is 0 Å². The Labute approximate surface area is 127 Å². The summed E-state index contributed by atoms with van der Waals surface area (Å²) in [7, 11) is 0. The zero-order valence-electron chi connectivity index (χ0n) is 13.1. The Balaban J connectivity index is 2.00. The molecule has 1 aromatic carbocycles. The van der Waals surface area contributed by atoms with E-state index in [0.717, 1.165) is 44.0 Å². The Kier molecular flexibility index (Phi) is 5.59. The van der Waals surface area contributed by atoms with Crippen molar-refractivity contribution in [2.75, 3.05) is 49.5 Å². The summed E-state index contributed by atoms with van der Waals surface area (Å²) in [6, 6.07) is 6.23. The van der Waals surface area contributed by atoms with Crippen molar-refractivity contribution < 1.29 is 4.79 Å². The number of rotatable bonds is 5. The Morgan fingerprint density at radius 2 is 2.00 bits per heavy atom. The van der Waals surface area contributed by atoms with Gasteiger partial charge in [-0.15, -0.1) is 0 Å². The maximum Gasteiger partial charge on any atom is 0.225 e. The number of hydrogen-bond acceptors (Lipinski definition) is 4. The molecule has 0 spiro atoms. The van der Waals surface area contributed by atoms with E-state index in [4.69, 9.17) is 5.73 Å². The van der Waals surface area contributed by atoms with Gasteiger partial charge in [0.25, 0.3) is 0 Å².